The highest BCUT2D eigenvalue weighted by molar-refractivity contribution is 5.91. The van der Waals surface area contributed by atoms with Gasteiger partial charge in [-0.05, 0) is 36.6 Å². The molecule has 3 nitrogen and oxygen atoms in total. The van der Waals surface area contributed by atoms with Crippen molar-refractivity contribution in [3.63, 3.8) is 0 Å². The van der Waals surface area contributed by atoms with E-state index in [1.165, 1.54) is 11.1 Å². The Bertz CT molecular complexity index is 836. The van der Waals surface area contributed by atoms with E-state index in [1.54, 1.807) is 0 Å². The molecule has 0 bridgehead atoms. The van der Waals surface area contributed by atoms with Crippen LogP contribution in [0.5, 0.6) is 0 Å². The van der Waals surface area contributed by atoms with Crippen molar-refractivity contribution in [3.05, 3.63) is 107 Å². The summed E-state index contributed by atoms with van der Waals surface area (Å²) in [5.74, 6) is -0.259. The van der Waals surface area contributed by atoms with Crippen molar-refractivity contribution in [1.29, 1.82) is 0 Å². The number of carbonyl (C=O) groups excluding carboxylic acids is 1. The minimum atomic E-state index is -0.259. The molecule has 0 aliphatic heterocycles. The van der Waals surface area contributed by atoms with Gasteiger partial charge in [0, 0.05) is 19.6 Å². The fourth-order valence-corrected chi connectivity index (χ4v) is 3.32. The molecular weight excluding hydrogens is 346 g/mol. The van der Waals surface area contributed by atoms with Gasteiger partial charge in [-0.15, -0.1) is 0 Å². The molecule has 0 aliphatic carbocycles. The van der Waals surface area contributed by atoms with Crippen LogP contribution in [-0.4, -0.2) is 23.5 Å². The molecule has 0 saturated heterocycles. The van der Waals surface area contributed by atoms with Crippen LogP contribution in [0.1, 0.15) is 34.0 Å². The van der Waals surface area contributed by atoms with Crippen molar-refractivity contribution in [1.82, 2.24) is 4.90 Å². The summed E-state index contributed by atoms with van der Waals surface area (Å²) in [6.45, 7) is 6.17. The van der Waals surface area contributed by atoms with Gasteiger partial charge < -0.3 is 4.74 Å². The summed E-state index contributed by atoms with van der Waals surface area (Å²) in [7, 11) is 0. The van der Waals surface area contributed by atoms with Gasteiger partial charge in [0.1, 0.15) is 6.10 Å². The molecule has 1 atom stereocenters. The van der Waals surface area contributed by atoms with E-state index in [0.29, 0.717) is 12.1 Å². The Hall–Kier alpha value is -2.91. The number of aryl methyl sites for hydroxylation is 1. The van der Waals surface area contributed by atoms with E-state index in [4.69, 9.17) is 4.74 Å². The zero-order valence-corrected chi connectivity index (χ0v) is 16.5. The first-order valence-corrected chi connectivity index (χ1v) is 9.68. The van der Waals surface area contributed by atoms with Gasteiger partial charge >= 0.3 is 5.97 Å². The lowest BCUT2D eigenvalue weighted by atomic mass is 10.1. The molecule has 0 saturated carbocycles. The fourth-order valence-electron chi connectivity index (χ4n) is 3.32. The van der Waals surface area contributed by atoms with Gasteiger partial charge in [-0.25, -0.2) is 4.79 Å². The maximum Gasteiger partial charge on any atom is 0.338 e. The maximum atomic E-state index is 12.5. The molecule has 3 aromatic carbocycles. The predicted octanol–water partition coefficient (Wildman–Crippen LogP) is 5.24. The monoisotopic (exact) mass is 373 g/mol. The summed E-state index contributed by atoms with van der Waals surface area (Å²) < 4.78 is 5.74. The number of hydrogen-bond acceptors (Lipinski definition) is 3. The van der Waals surface area contributed by atoms with Crippen molar-refractivity contribution in [3.8, 4) is 0 Å². The third-order valence-electron chi connectivity index (χ3n) is 4.69. The predicted molar refractivity (Wildman–Crippen MR) is 113 cm³/mol. The van der Waals surface area contributed by atoms with E-state index in [0.717, 1.165) is 18.7 Å². The summed E-state index contributed by atoms with van der Waals surface area (Å²) in [5.41, 5.74) is 4.06. The zero-order valence-electron chi connectivity index (χ0n) is 16.5. The van der Waals surface area contributed by atoms with E-state index in [1.807, 2.05) is 50.2 Å². The number of carbonyl (C=O) groups is 1. The Labute approximate surface area is 167 Å². The Morgan fingerprint density at radius 2 is 1.32 bits per heavy atom. The van der Waals surface area contributed by atoms with Crippen LogP contribution in [0.25, 0.3) is 0 Å². The van der Waals surface area contributed by atoms with E-state index < -0.39 is 0 Å². The van der Waals surface area contributed by atoms with Crippen molar-refractivity contribution in [2.75, 3.05) is 6.54 Å². The minimum absolute atomic E-state index is 0.209. The summed E-state index contributed by atoms with van der Waals surface area (Å²) in [5, 5.41) is 0. The average molecular weight is 373 g/mol. The van der Waals surface area contributed by atoms with Crippen LogP contribution >= 0.6 is 0 Å². The van der Waals surface area contributed by atoms with Crippen molar-refractivity contribution in [2.24, 2.45) is 0 Å². The van der Waals surface area contributed by atoms with E-state index in [2.05, 4.69) is 53.4 Å². The number of ether oxygens (including phenoxy) is 1. The summed E-state index contributed by atoms with van der Waals surface area (Å²) in [6.07, 6.45) is -0.209. The summed E-state index contributed by atoms with van der Waals surface area (Å²) in [4.78, 5) is 14.9. The molecule has 28 heavy (non-hydrogen) atoms. The van der Waals surface area contributed by atoms with E-state index in [9.17, 15) is 4.79 Å². The van der Waals surface area contributed by atoms with Gasteiger partial charge in [-0.1, -0.05) is 78.9 Å². The Kier molecular flexibility index (Phi) is 6.99. The second kappa shape index (κ2) is 9.86. The third kappa shape index (κ3) is 5.80. The highest BCUT2D eigenvalue weighted by Gasteiger charge is 2.17. The van der Waals surface area contributed by atoms with Crippen molar-refractivity contribution < 1.29 is 9.53 Å². The molecule has 0 amide bonds. The molecule has 0 aliphatic rings. The highest BCUT2D eigenvalue weighted by Crippen LogP contribution is 2.14. The Morgan fingerprint density at radius 1 is 0.821 bits per heavy atom. The number of hydrogen-bond donors (Lipinski definition) is 0. The third-order valence-corrected chi connectivity index (χ3v) is 4.69. The van der Waals surface area contributed by atoms with Gasteiger partial charge in [0.15, 0.2) is 0 Å². The normalized spacial score (nSPS) is 12.0. The van der Waals surface area contributed by atoms with Crippen LogP contribution in [0.2, 0.25) is 0 Å². The maximum absolute atomic E-state index is 12.5. The first-order chi connectivity index (χ1) is 13.6. The largest absolute Gasteiger partial charge is 0.458 e. The molecule has 3 aromatic rings. The van der Waals surface area contributed by atoms with Crippen LogP contribution < -0.4 is 0 Å². The first-order valence-electron chi connectivity index (χ1n) is 9.68. The molecular formula is C25H27NO2. The quantitative estimate of drug-likeness (QED) is 0.506. The smallest absolute Gasteiger partial charge is 0.338 e. The second-order valence-corrected chi connectivity index (χ2v) is 7.17. The molecule has 144 valence electrons. The molecule has 0 aromatic heterocycles. The van der Waals surface area contributed by atoms with Crippen molar-refractivity contribution in [2.45, 2.75) is 33.0 Å². The lowest BCUT2D eigenvalue weighted by molar-refractivity contribution is 0.0236. The molecule has 0 unspecified atom stereocenters. The van der Waals surface area contributed by atoms with Crippen LogP contribution in [-0.2, 0) is 17.8 Å². The number of esters is 1. The van der Waals surface area contributed by atoms with Crippen LogP contribution in [0.4, 0.5) is 0 Å². The molecule has 3 heteroatoms. The van der Waals surface area contributed by atoms with E-state index in [-0.39, 0.29) is 12.1 Å². The van der Waals surface area contributed by atoms with Crippen LogP contribution in [0, 0.1) is 6.92 Å². The molecule has 0 fully saturated rings. The number of nitrogens with zero attached hydrogens (tertiary/aromatic N) is 1. The zero-order chi connectivity index (χ0) is 19.8. The van der Waals surface area contributed by atoms with Gasteiger partial charge in [0.05, 0.1) is 5.56 Å². The van der Waals surface area contributed by atoms with Gasteiger partial charge in [0.25, 0.3) is 0 Å². The van der Waals surface area contributed by atoms with E-state index >= 15 is 0 Å². The molecule has 3 rings (SSSR count). The number of rotatable bonds is 8. The van der Waals surface area contributed by atoms with Crippen LogP contribution in [0.3, 0.4) is 0 Å². The molecule has 0 radical (unpaired) electrons. The van der Waals surface area contributed by atoms with Gasteiger partial charge in [-0.3, -0.25) is 4.90 Å². The van der Waals surface area contributed by atoms with Gasteiger partial charge in [0.2, 0.25) is 0 Å². The molecule has 0 heterocycles. The summed E-state index contributed by atoms with van der Waals surface area (Å²) >= 11 is 0. The Balaban J connectivity index is 1.67. The Morgan fingerprint density at radius 3 is 1.86 bits per heavy atom. The lowest BCUT2D eigenvalue weighted by Crippen LogP contribution is -2.33. The van der Waals surface area contributed by atoms with Gasteiger partial charge in [-0.2, -0.15) is 0 Å². The SMILES string of the molecule is Cc1ccccc1C(=O)O[C@@H](C)CN(Cc1ccccc1)Cc1ccccc1. The van der Waals surface area contributed by atoms with Crippen LogP contribution in [0.15, 0.2) is 84.9 Å². The standard InChI is InChI=1S/C25H27NO2/c1-20-11-9-10-16-24(20)25(27)28-21(2)17-26(18-22-12-5-3-6-13-22)19-23-14-7-4-8-15-23/h3-16,21H,17-19H2,1-2H3/t21-/m0/s1. The molecule has 0 spiro atoms. The average Bonchev–Trinajstić information content (AvgIpc) is 2.69. The lowest BCUT2D eigenvalue weighted by Gasteiger charge is -2.26. The van der Waals surface area contributed by atoms with Crippen molar-refractivity contribution >= 4 is 5.97 Å². The second-order valence-electron chi connectivity index (χ2n) is 7.17. The highest BCUT2D eigenvalue weighted by atomic mass is 16.5. The number of benzene rings is 3. The first kappa shape index (κ1) is 19.8. The minimum Gasteiger partial charge on any atom is -0.458 e. The summed E-state index contributed by atoms with van der Waals surface area (Å²) in [6, 6.07) is 28.3. The fraction of sp³-hybridized carbons (Fsp3) is 0.240. The topological polar surface area (TPSA) is 29.5 Å². The molecule has 0 N–H and O–H groups in total.